The lowest BCUT2D eigenvalue weighted by Crippen LogP contribution is -2.46. The molecule has 0 fully saturated rings. The summed E-state index contributed by atoms with van der Waals surface area (Å²) >= 11 is 0. The van der Waals surface area contributed by atoms with E-state index >= 15 is 0 Å². The van der Waals surface area contributed by atoms with E-state index in [0.717, 1.165) is 38.5 Å². The fraction of sp³-hybridized carbons (Fsp3) is 0.985. The second-order valence-corrected chi connectivity index (χ2v) is 27.1. The Kier molecular flexibility index (Phi) is 59.7. The van der Waals surface area contributed by atoms with Crippen molar-refractivity contribution in [3.8, 4) is 0 Å². The highest BCUT2D eigenvalue weighted by Crippen LogP contribution is 2.43. The number of phosphoric ester groups is 1. The number of hydrogen-bond donors (Lipinski definition) is 3. The summed E-state index contributed by atoms with van der Waals surface area (Å²) in [5.41, 5.74) is 0. The van der Waals surface area contributed by atoms with Gasteiger partial charge in [0.05, 0.1) is 39.9 Å². The number of aliphatic hydroxyl groups excluding tert-OH is 1. The third kappa shape index (κ3) is 62.9. The van der Waals surface area contributed by atoms with E-state index in [0.29, 0.717) is 23.9 Å². The molecule has 3 atom stereocenters. The van der Waals surface area contributed by atoms with Gasteiger partial charge in [-0.3, -0.25) is 13.8 Å². The van der Waals surface area contributed by atoms with Crippen LogP contribution >= 0.6 is 7.82 Å². The molecular formula is C68H140N2O6P+. The molecular weight excluding hydrogens is 972 g/mol. The highest BCUT2D eigenvalue weighted by atomic mass is 31.2. The standard InChI is InChI=1S/C68H139N2O6P/c1-6-8-10-12-14-16-18-20-22-24-26-28-30-32-34-35-36-37-39-41-43-45-47-49-51-53-55-57-59-61-67(71)66(65-76-77(73,74)75-64-63-70(3,4)5)69-68(72)62-60-58-56-54-52-50-48-46-44-42-40-38-33-31-29-27-25-23-21-19-17-15-13-11-9-7-2/h66-67,71H,6-65H2,1-5H3,(H-,69,72,73,74)/p+1. The van der Waals surface area contributed by atoms with Crippen LogP contribution in [0, 0.1) is 0 Å². The molecule has 0 aromatic rings. The summed E-state index contributed by atoms with van der Waals surface area (Å²) in [5, 5.41) is 14.2. The number of quaternary nitrogens is 1. The summed E-state index contributed by atoms with van der Waals surface area (Å²) in [6, 6.07) is -0.757. The number of unbranched alkanes of at least 4 members (excludes halogenated alkanes) is 53. The smallest absolute Gasteiger partial charge is 0.391 e. The summed E-state index contributed by atoms with van der Waals surface area (Å²) in [6.07, 6.45) is 74.9. The highest BCUT2D eigenvalue weighted by molar-refractivity contribution is 7.47. The molecule has 3 unspecified atom stereocenters. The Morgan fingerprint density at radius 2 is 0.623 bits per heavy atom. The van der Waals surface area contributed by atoms with Gasteiger partial charge in [0.1, 0.15) is 13.2 Å². The maximum absolute atomic E-state index is 13.1. The van der Waals surface area contributed by atoms with Crippen molar-refractivity contribution < 1.29 is 32.9 Å². The first kappa shape index (κ1) is 76.5. The molecule has 1 amide bonds. The number of nitrogens with zero attached hydrogens (tertiary/aromatic N) is 1. The molecule has 9 heteroatoms. The van der Waals surface area contributed by atoms with E-state index in [1.165, 1.54) is 315 Å². The number of phosphoric acid groups is 1. The molecule has 0 bridgehead atoms. The van der Waals surface area contributed by atoms with Crippen LogP contribution in [0.15, 0.2) is 0 Å². The second-order valence-electron chi connectivity index (χ2n) is 25.6. The van der Waals surface area contributed by atoms with Gasteiger partial charge in [-0.25, -0.2) is 4.57 Å². The van der Waals surface area contributed by atoms with Crippen LogP contribution in [0.3, 0.4) is 0 Å². The number of nitrogens with one attached hydrogen (secondary N) is 1. The average Bonchev–Trinajstić information content (AvgIpc) is 3.39. The largest absolute Gasteiger partial charge is 0.472 e. The number of hydrogen-bond acceptors (Lipinski definition) is 5. The number of likely N-dealkylation sites (N-methyl/N-ethyl adjacent to an activating group) is 1. The van der Waals surface area contributed by atoms with Crippen molar-refractivity contribution in [2.75, 3.05) is 40.9 Å². The lowest BCUT2D eigenvalue weighted by atomic mass is 10.0. The normalized spacial score (nSPS) is 13.6. The van der Waals surface area contributed by atoms with Gasteiger partial charge < -0.3 is 19.8 Å². The molecule has 462 valence electrons. The molecule has 0 radical (unpaired) electrons. The van der Waals surface area contributed by atoms with Crippen molar-refractivity contribution in [3.63, 3.8) is 0 Å². The fourth-order valence-corrected chi connectivity index (χ4v) is 11.9. The monoisotopic (exact) mass is 1110 g/mol. The number of rotatable bonds is 66. The van der Waals surface area contributed by atoms with Crippen LogP contribution < -0.4 is 5.32 Å². The number of carbonyl (C=O) groups is 1. The summed E-state index contributed by atoms with van der Waals surface area (Å²) in [6.45, 7) is 4.97. The quantitative estimate of drug-likeness (QED) is 0.0318. The minimum atomic E-state index is -4.32. The van der Waals surface area contributed by atoms with Crippen LogP contribution in [0.4, 0.5) is 0 Å². The van der Waals surface area contributed by atoms with Gasteiger partial charge in [-0.2, -0.15) is 0 Å². The Morgan fingerprint density at radius 3 is 0.870 bits per heavy atom. The van der Waals surface area contributed by atoms with Gasteiger partial charge in [0.15, 0.2) is 0 Å². The van der Waals surface area contributed by atoms with E-state index in [2.05, 4.69) is 19.2 Å². The Morgan fingerprint density at radius 1 is 0.390 bits per heavy atom. The molecule has 0 aromatic heterocycles. The summed E-state index contributed by atoms with van der Waals surface area (Å²) in [7, 11) is 1.64. The zero-order valence-corrected chi connectivity index (χ0v) is 53.9. The summed E-state index contributed by atoms with van der Waals surface area (Å²) < 4.78 is 23.9. The molecule has 0 aromatic carbocycles. The molecule has 3 N–H and O–H groups in total. The molecule has 0 saturated carbocycles. The van der Waals surface area contributed by atoms with Crippen LogP contribution in [-0.2, 0) is 18.4 Å². The van der Waals surface area contributed by atoms with Crippen molar-refractivity contribution in [3.05, 3.63) is 0 Å². The second kappa shape index (κ2) is 60.1. The Bertz CT molecular complexity index is 1220. The van der Waals surface area contributed by atoms with E-state index in [9.17, 15) is 19.4 Å². The topological polar surface area (TPSA) is 105 Å². The summed E-state index contributed by atoms with van der Waals surface area (Å²) in [5.74, 6) is -0.133. The Hall–Kier alpha value is -0.500. The van der Waals surface area contributed by atoms with E-state index in [-0.39, 0.29) is 19.1 Å². The fourth-order valence-electron chi connectivity index (χ4n) is 11.2. The Labute approximate surface area is 482 Å². The van der Waals surface area contributed by atoms with Crippen molar-refractivity contribution in [1.82, 2.24) is 5.32 Å². The van der Waals surface area contributed by atoms with Gasteiger partial charge in [-0.15, -0.1) is 0 Å². The van der Waals surface area contributed by atoms with Crippen LogP contribution in [0.2, 0.25) is 0 Å². The minimum absolute atomic E-state index is 0.0795. The van der Waals surface area contributed by atoms with Crippen molar-refractivity contribution >= 4 is 13.7 Å². The average molecular weight is 1110 g/mol. The number of carbonyl (C=O) groups excluding carboxylic acids is 1. The molecule has 8 nitrogen and oxygen atoms in total. The maximum atomic E-state index is 13.1. The van der Waals surface area contributed by atoms with Gasteiger partial charge in [-0.05, 0) is 12.8 Å². The van der Waals surface area contributed by atoms with Crippen LogP contribution in [-0.4, -0.2) is 73.4 Å². The van der Waals surface area contributed by atoms with E-state index in [1.54, 1.807) is 0 Å². The molecule has 0 heterocycles. The zero-order chi connectivity index (χ0) is 56.3. The molecule has 0 spiro atoms. The minimum Gasteiger partial charge on any atom is -0.391 e. The molecule has 0 rings (SSSR count). The molecule has 77 heavy (non-hydrogen) atoms. The SMILES string of the molecule is CCCCCCCCCCCCCCCCCCCCCCCCCCCCCCCC(O)C(COP(=O)(O)OCC[N+](C)(C)C)NC(=O)CCCCCCCCCCCCCCCCCCCCCCCCCCCC. The predicted molar refractivity (Wildman–Crippen MR) is 337 cm³/mol. The molecule has 0 aliphatic carbocycles. The van der Waals surface area contributed by atoms with Crippen LogP contribution in [0.5, 0.6) is 0 Å². The third-order valence-electron chi connectivity index (χ3n) is 16.6. The lowest BCUT2D eigenvalue weighted by molar-refractivity contribution is -0.870. The third-order valence-corrected chi connectivity index (χ3v) is 17.6. The first-order valence-corrected chi connectivity index (χ1v) is 36.4. The van der Waals surface area contributed by atoms with Gasteiger partial charge >= 0.3 is 7.82 Å². The first-order valence-electron chi connectivity index (χ1n) is 34.9. The zero-order valence-electron chi connectivity index (χ0n) is 53.0. The van der Waals surface area contributed by atoms with Crippen molar-refractivity contribution in [2.45, 2.75) is 392 Å². The molecule has 0 saturated heterocycles. The number of amides is 1. The summed E-state index contributed by atoms with van der Waals surface area (Å²) in [4.78, 5) is 23.5. The van der Waals surface area contributed by atoms with E-state index < -0.39 is 20.0 Å². The molecule has 0 aliphatic rings. The predicted octanol–water partition coefficient (Wildman–Crippen LogP) is 21.9. The Balaban J connectivity index is 3.99. The van der Waals surface area contributed by atoms with E-state index in [4.69, 9.17) is 9.05 Å². The molecule has 0 aliphatic heterocycles. The van der Waals surface area contributed by atoms with E-state index in [1.807, 2.05) is 21.1 Å². The van der Waals surface area contributed by atoms with Gasteiger partial charge in [0.25, 0.3) is 0 Å². The van der Waals surface area contributed by atoms with Gasteiger partial charge in [0.2, 0.25) is 5.91 Å². The number of aliphatic hydroxyl groups is 1. The van der Waals surface area contributed by atoms with Crippen molar-refractivity contribution in [1.29, 1.82) is 0 Å². The van der Waals surface area contributed by atoms with Gasteiger partial charge in [0, 0.05) is 6.42 Å². The van der Waals surface area contributed by atoms with Crippen LogP contribution in [0.25, 0.3) is 0 Å². The van der Waals surface area contributed by atoms with Gasteiger partial charge in [-0.1, -0.05) is 361 Å². The van der Waals surface area contributed by atoms with Crippen LogP contribution in [0.1, 0.15) is 380 Å². The maximum Gasteiger partial charge on any atom is 0.472 e. The lowest BCUT2D eigenvalue weighted by Gasteiger charge is -2.26. The highest BCUT2D eigenvalue weighted by Gasteiger charge is 2.28. The van der Waals surface area contributed by atoms with Crippen molar-refractivity contribution in [2.24, 2.45) is 0 Å². The first-order chi connectivity index (χ1) is 37.5.